The van der Waals surface area contributed by atoms with Gasteiger partial charge in [-0.2, -0.15) is 12.6 Å². The Morgan fingerprint density at radius 1 is 1.29 bits per heavy atom. The number of esters is 1. The van der Waals surface area contributed by atoms with Crippen molar-refractivity contribution in [2.45, 2.75) is 45.5 Å². The van der Waals surface area contributed by atoms with Crippen molar-refractivity contribution in [2.24, 2.45) is 0 Å². The first kappa shape index (κ1) is 16.0. The number of thiol groups is 1. The summed E-state index contributed by atoms with van der Waals surface area (Å²) >= 11 is 4.20. The smallest absolute Gasteiger partial charge is 0.306 e. The highest BCUT2D eigenvalue weighted by atomic mass is 32.1. The Balaban J connectivity index is 0.00000121. The molecule has 0 N–H and O–H groups in total. The first-order valence-corrected chi connectivity index (χ1v) is 6.57. The standard InChI is InChI=1S/C12H16O2S.C2H6/c1-10(15)7-8-12(13)14-9-11-5-3-2-4-6-11;1-2/h2-6,10,15H,7-9H2,1H3;1-2H3. The van der Waals surface area contributed by atoms with E-state index in [1.165, 1.54) is 0 Å². The number of ether oxygens (including phenoxy) is 1. The van der Waals surface area contributed by atoms with Gasteiger partial charge in [0, 0.05) is 6.42 Å². The van der Waals surface area contributed by atoms with Gasteiger partial charge in [0.15, 0.2) is 0 Å². The molecule has 1 atom stereocenters. The fraction of sp³-hybridized carbons (Fsp3) is 0.500. The average molecular weight is 254 g/mol. The summed E-state index contributed by atoms with van der Waals surface area (Å²) < 4.78 is 5.11. The summed E-state index contributed by atoms with van der Waals surface area (Å²) in [6.45, 7) is 6.33. The Bertz CT molecular complexity index is 296. The Kier molecular flexibility index (Phi) is 9.63. The van der Waals surface area contributed by atoms with Gasteiger partial charge in [-0.25, -0.2) is 0 Å². The minimum atomic E-state index is -0.153. The number of carbonyl (C=O) groups excluding carboxylic acids is 1. The van der Waals surface area contributed by atoms with Crippen LogP contribution >= 0.6 is 12.6 Å². The molecule has 0 aliphatic rings. The lowest BCUT2D eigenvalue weighted by molar-refractivity contribution is -0.145. The molecule has 1 aromatic carbocycles. The molecule has 0 spiro atoms. The molecule has 3 heteroatoms. The van der Waals surface area contributed by atoms with E-state index in [-0.39, 0.29) is 11.2 Å². The zero-order chi connectivity index (χ0) is 13.1. The van der Waals surface area contributed by atoms with Crippen molar-refractivity contribution in [3.63, 3.8) is 0 Å². The zero-order valence-corrected chi connectivity index (χ0v) is 11.7. The molecule has 0 saturated carbocycles. The number of hydrogen-bond acceptors (Lipinski definition) is 3. The van der Waals surface area contributed by atoms with Crippen LogP contribution in [-0.4, -0.2) is 11.2 Å². The highest BCUT2D eigenvalue weighted by molar-refractivity contribution is 7.80. The normalized spacial score (nSPS) is 11.1. The minimum Gasteiger partial charge on any atom is -0.461 e. The average Bonchev–Trinajstić information content (AvgIpc) is 2.37. The van der Waals surface area contributed by atoms with Crippen LogP contribution in [0.4, 0.5) is 0 Å². The van der Waals surface area contributed by atoms with Crippen LogP contribution < -0.4 is 0 Å². The molecule has 0 aliphatic carbocycles. The maximum absolute atomic E-state index is 11.3. The second-order valence-corrected chi connectivity index (χ2v) is 4.42. The van der Waals surface area contributed by atoms with E-state index in [9.17, 15) is 4.79 Å². The summed E-state index contributed by atoms with van der Waals surface area (Å²) in [5, 5.41) is 0.245. The van der Waals surface area contributed by atoms with Crippen molar-refractivity contribution >= 4 is 18.6 Å². The summed E-state index contributed by atoms with van der Waals surface area (Å²) in [5.41, 5.74) is 1.02. The predicted molar refractivity (Wildman–Crippen MR) is 75.3 cm³/mol. The van der Waals surface area contributed by atoms with Crippen LogP contribution in [0.25, 0.3) is 0 Å². The summed E-state index contributed by atoms with van der Waals surface area (Å²) in [6.07, 6.45) is 1.20. The van der Waals surface area contributed by atoms with E-state index in [0.29, 0.717) is 13.0 Å². The SMILES string of the molecule is CC.CC(S)CCC(=O)OCc1ccccc1. The van der Waals surface area contributed by atoms with Crippen molar-refractivity contribution in [1.82, 2.24) is 0 Å². The number of hydrogen-bond donors (Lipinski definition) is 1. The Morgan fingerprint density at radius 3 is 2.41 bits per heavy atom. The predicted octanol–water partition coefficient (Wildman–Crippen LogP) is 3.85. The molecular weight excluding hydrogens is 232 g/mol. The van der Waals surface area contributed by atoms with Crippen molar-refractivity contribution in [3.8, 4) is 0 Å². The molecular formula is C14H22O2S. The van der Waals surface area contributed by atoms with Gasteiger partial charge in [0.2, 0.25) is 0 Å². The third-order valence-electron chi connectivity index (χ3n) is 2.01. The van der Waals surface area contributed by atoms with Gasteiger partial charge in [0.1, 0.15) is 6.61 Å². The van der Waals surface area contributed by atoms with E-state index in [1.54, 1.807) is 0 Å². The lowest BCUT2D eigenvalue weighted by atomic mass is 10.2. The van der Waals surface area contributed by atoms with Crippen molar-refractivity contribution < 1.29 is 9.53 Å². The van der Waals surface area contributed by atoms with Crippen LogP contribution in [0.15, 0.2) is 30.3 Å². The highest BCUT2D eigenvalue weighted by Crippen LogP contribution is 2.06. The lowest BCUT2D eigenvalue weighted by Crippen LogP contribution is -2.06. The third kappa shape index (κ3) is 8.81. The van der Waals surface area contributed by atoms with E-state index in [0.717, 1.165) is 12.0 Å². The molecule has 96 valence electrons. The van der Waals surface area contributed by atoms with Gasteiger partial charge >= 0.3 is 5.97 Å². The fourth-order valence-corrected chi connectivity index (χ4v) is 1.27. The van der Waals surface area contributed by atoms with E-state index < -0.39 is 0 Å². The second kappa shape index (κ2) is 10.2. The number of carbonyl (C=O) groups is 1. The fourth-order valence-electron chi connectivity index (χ4n) is 1.14. The Morgan fingerprint density at radius 2 is 1.88 bits per heavy atom. The summed E-state index contributed by atoms with van der Waals surface area (Å²) in [7, 11) is 0. The van der Waals surface area contributed by atoms with Crippen LogP contribution in [0.3, 0.4) is 0 Å². The van der Waals surface area contributed by atoms with Gasteiger partial charge < -0.3 is 4.74 Å². The minimum absolute atomic E-state index is 0.153. The molecule has 17 heavy (non-hydrogen) atoms. The lowest BCUT2D eigenvalue weighted by Gasteiger charge is -2.05. The van der Waals surface area contributed by atoms with Gasteiger partial charge in [-0.05, 0) is 17.2 Å². The molecule has 0 aliphatic heterocycles. The molecule has 0 radical (unpaired) electrons. The molecule has 2 nitrogen and oxygen atoms in total. The summed E-state index contributed by atoms with van der Waals surface area (Å²) in [5.74, 6) is -0.153. The quantitative estimate of drug-likeness (QED) is 0.638. The third-order valence-corrected chi connectivity index (χ3v) is 2.27. The monoisotopic (exact) mass is 254 g/mol. The Labute approximate surface area is 110 Å². The number of benzene rings is 1. The van der Waals surface area contributed by atoms with E-state index in [2.05, 4.69) is 12.6 Å². The maximum Gasteiger partial charge on any atom is 0.306 e. The zero-order valence-electron chi connectivity index (χ0n) is 10.8. The van der Waals surface area contributed by atoms with Gasteiger partial charge in [0.25, 0.3) is 0 Å². The van der Waals surface area contributed by atoms with E-state index in [1.807, 2.05) is 51.1 Å². The summed E-state index contributed by atoms with van der Waals surface area (Å²) in [6, 6.07) is 9.68. The van der Waals surface area contributed by atoms with Gasteiger partial charge in [0.05, 0.1) is 0 Å². The largest absolute Gasteiger partial charge is 0.461 e. The molecule has 1 unspecified atom stereocenters. The van der Waals surface area contributed by atoms with Crippen LogP contribution in [0.1, 0.15) is 39.2 Å². The van der Waals surface area contributed by atoms with E-state index >= 15 is 0 Å². The van der Waals surface area contributed by atoms with Crippen molar-refractivity contribution in [1.29, 1.82) is 0 Å². The summed E-state index contributed by atoms with van der Waals surface area (Å²) in [4.78, 5) is 11.3. The maximum atomic E-state index is 11.3. The van der Waals surface area contributed by atoms with Crippen LogP contribution in [-0.2, 0) is 16.1 Å². The van der Waals surface area contributed by atoms with Crippen molar-refractivity contribution in [2.75, 3.05) is 0 Å². The van der Waals surface area contributed by atoms with Crippen LogP contribution in [0, 0.1) is 0 Å². The first-order chi connectivity index (χ1) is 8.18. The van der Waals surface area contributed by atoms with Gasteiger partial charge in [-0.15, -0.1) is 0 Å². The Hall–Kier alpha value is -0.960. The molecule has 0 saturated heterocycles. The molecule has 0 fully saturated rings. The first-order valence-electron chi connectivity index (χ1n) is 6.06. The highest BCUT2D eigenvalue weighted by Gasteiger charge is 2.04. The molecule has 1 rings (SSSR count). The second-order valence-electron chi connectivity index (χ2n) is 3.53. The molecule has 0 amide bonds. The molecule has 0 heterocycles. The van der Waals surface area contributed by atoms with Crippen molar-refractivity contribution in [3.05, 3.63) is 35.9 Å². The molecule has 1 aromatic rings. The van der Waals surface area contributed by atoms with Crippen LogP contribution in [0.5, 0.6) is 0 Å². The molecule has 0 aromatic heterocycles. The van der Waals surface area contributed by atoms with E-state index in [4.69, 9.17) is 4.74 Å². The van der Waals surface area contributed by atoms with Gasteiger partial charge in [-0.1, -0.05) is 51.1 Å². The van der Waals surface area contributed by atoms with Crippen LogP contribution in [0.2, 0.25) is 0 Å². The molecule has 0 bridgehead atoms. The number of rotatable bonds is 5. The topological polar surface area (TPSA) is 26.3 Å². The van der Waals surface area contributed by atoms with Gasteiger partial charge in [-0.3, -0.25) is 4.79 Å².